The van der Waals surface area contributed by atoms with Gasteiger partial charge < -0.3 is 19.9 Å². The van der Waals surface area contributed by atoms with Crippen molar-refractivity contribution in [2.75, 3.05) is 12.4 Å². The summed E-state index contributed by atoms with van der Waals surface area (Å²) in [6.07, 6.45) is 0. The molecule has 0 saturated heterocycles. The van der Waals surface area contributed by atoms with Crippen molar-refractivity contribution in [3.8, 4) is 11.5 Å². The van der Waals surface area contributed by atoms with E-state index in [-0.39, 0.29) is 5.56 Å². The number of nitrogens with one attached hydrogen (secondary N) is 1. The van der Waals surface area contributed by atoms with Gasteiger partial charge in [-0.15, -0.1) is 0 Å². The Hall–Kier alpha value is -2.99. The van der Waals surface area contributed by atoms with Gasteiger partial charge in [-0.25, -0.2) is 4.79 Å². The molecule has 0 radical (unpaired) electrons. The summed E-state index contributed by atoms with van der Waals surface area (Å²) in [5, 5.41) is 12.3. The molecule has 0 amide bonds. The lowest BCUT2D eigenvalue weighted by atomic mass is 10.1. The summed E-state index contributed by atoms with van der Waals surface area (Å²) >= 11 is 3.60. The summed E-state index contributed by atoms with van der Waals surface area (Å²) in [6, 6.07) is 18.6. The fraction of sp³-hybridized carbons (Fsp3) is 0.174. The molecule has 0 heterocycles. The second-order valence-electron chi connectivity index (χ2n) is 6.57. The molecule has 0 aromatic heterocycles. The largest absolute Gasteiger partial charge is 0.493 e. The molecule has 3 rings (SSSR count). The third kappa shape index (κ3) is 5.29. The van der Waals surface area contributed by atoms with Crippen LogP contribution in [0, 0.1) is 6.92 Å². The van der Waals surface area contributed by atoms with Crippen LogP contribution >= 0.6 is 15.9 Å². The van der Waals surface area contributed by atoms with E-state index in [0.717, 1.165) is 21.3 Å². The first-order valence-corrected chi connectivity index (χ1v) is 9.88. The molecule has 0 bridgehead atoms. The number of methoxy groups -OCH3 is 1. The smallest absolute Gasteiger partial charge is 0.335 e. The lowest BCUT2D eigenvalue weighted by Gasteiger charge is -2.18. The number of hydrogen-bond acceptors (Lipinski definition) is 4. The number of aryl methyl sites for hydroxylation is 1. The third-order valence-corrected chi connectivity index (χ3v) is 5.20. The normalized spacial score (nSPS) is 10.4. The molecule has 150 valence electrons. The Labute approximate surface area is 178 Å². The molecule has 0 fully saturated rings. The molecule has 0 aliphatic carbocycles. The quantitative estimate of drug-likeness (QED) is 0.458. The van der Waals surface area contributed by atoms with Crippen LogP contribution in [0.15, 0.2) is 65.1 Å². The van der Waals surface area contributed by atoms with E-state index in [9.17, 15) is 4.79 Å². The van der Waals surface area contributed by atoms with Gasteiger partial charge in [0.15, 0.2) is 11.5 Å². The molecule has 0 spiro atoms. The first-order chi connectivity index (χ1) is 14.0. The number of carboxylic acid groups (broad SMARTS) is 1. The predicted octanol–water partition coefficient (Wildman–Crippen LogP) is 5.66. The molecule has 29 heavy (non-hydrogen) atoms. The SMILES string of the molecule is COc1ccc(Br)c(CNc2ccc(C(=O)O)cc2)c1OCc1cccc(C)c1. The first-order valence-electron chi connectivity index (χ1n) is 9.09. The van der Waals surface area contributed by atoms with Crippen molar-refractivity contribution in [2.24, 2.45) is 0 Å². The number of aromatic carboxylic acids is 1. The van der Waals surface area contributed by atoms with Crippen molar-refractivity contribution >= 4 is 27.6 Å². The highest BCUT2D eigenvalue weighted by atomic mass is 79.9. The van der Waals surface area contributed by atoms with Gasteiger partial charge in [0.1, 0.15) is 6.61 Å². The van der Waals surface area contributed by atoms with Crippen LogP contribution in [0.5, 0.6) is 11.5 Å². The number of anilines is 1. The van der Waals surface area contributed by atoms with Gasteiger partial charge in [-0.2, -0.15) is 0 Å². The second-order valence-corrected chi connectivity index (χ2v) is 7.43. The monoisotopic (exact) mass is 455 g/mol. The lowest BCUT2D eigenvalue weighted by molar-refractivity contribution is 0.0697. The first kappa shape index (κ1) is 20.7. The van der Waals surface area contributed by atoms with Gasteiger partial charge in [-0.05, 0) is 48.9 Å². The lowest BCUT2D eigenvalue weighted by Crippen LogP contribution is -2.06. The van der Waals surface area contributed by atoms with Crippen molar-refractivity contribution < 1.29 is 19.4 Å². The highest BCUT2D eigenvalue weighted by Crippen LogP contribution is 2.37. The maximum atomic E-state index is 11.0. The average Bonchev–Trinajstić information content (AvgIpc) is 2.72. The Kier molecular flexibility index (Phi) is 6.77. The van der Waals surface area contributed by atoms with Crippen LogP contribution in [0.2, 0.25) is 0 Å². The zero-order chi connectivity index (χ0) is 20.8. The molecule has 2 N–H and O–H groups in total. The second kappa shape index (κ2) is 9.47. The van der Waals surface area contributed by atoms with Crippen molar-refractivity contribution in [2.45, 2.75) is 20.1 Å². The van der Waals surface area contributed by atoms with Crippen LogP contribution in [0.1, 0.15) is 27.0 Å². The van der Waals surface area contributed by atoms with Crippen LogP contribution in [0.4, 0.5) is 5.69 Å². The van der Waals surface area contributed by atoms with Gasteiger partial charge in [-0.1, -0.05) is 45.8 Å². The van der Waals surface area contributed by atoms with Crippen LogP contribution in [-0.2, 0) is 13.2 Å². The third-order valence-electron chi connectivity index (χ3n) is 4.45. The fourth-order valence-electron chi connectivity index (χ4n) is 2.94. The van der Waals surface area contributed by atoms with Gasteiger partial charge in [0.25, 0.3) is 0 Å². The minimum absolute atomic E-state index is 0.250. The minimum atomic E-state index is -0.945. The number of ether oxygens (including phenoxy) is 2. The number of carbonyl (C=O) groups is 1. The topological polar surface area (TPSA) is 67.8 Å². The number of carboxylic acids is 1. The summed E-state index contributed by atoms with van der Waals surface area (Å²) in [7, 11) is 1.62. The van der Waals surface area contributed by atoms with Gasteiger partial charge in [0, 0.05) is 22.3 Å². The molecular weight excluding hydrogens is 434 g/mol. The summed E-state index contributed by atoms with van der Waals surface area (Å²) in [5.74, 6) is 0.371. The molecular formula is C23H22BrNO4. The summed E-state index contributed by atoms with van der Waals surface area (Å²) < 4.78 is 12.6. The standard InChI is InChI=1S/C23H22BrNO4/c1-15-4-3-5-16(12-15)14-29-22-19(20(24)10-11-21(22)28-2)13-25-18-8-6-17(7-9-18)23(26)27/h3-12,25H,13-14H2,1-2H3,(H,26,27). The molecule has 6 heteroatoms. The van der Waals surface area contributed by atoms with E-state index >= 15 is 0 Å². The maximum absolute atomic E-state index is 11.0. The number of benzene rings is 3. The van der Waals surface area contributed by atoms with Crippen molar-refractivity contribution in [3.63, 3.8) is 0 Å². The van der Waals surface area contributed by atoms with Crippen molar-refractivity contribution in [1.29, 1.82) is 0 Å². The van der Waals surface area contributed by atoms with Gasteiger partial charge in [-0.3, -0.25) is 0 Å². The number of rotatable bonds is 8. The Morgan fingerprint density at radius 3 is 2.52 bits per heavy atom. The van der Waals surface area contributed by atoms with E-state index < -0.39 is 5.97 Å². The zero-order valence-corrected chi connectivity index (χ0v) is 17.8. The molecule has 5 nitrogen and oxygen atoms in total. The van der Waals surface area contributed by atoms with Crippen LogP contribution in [0.25, 0.3) is 0 Å². The van der Waals surface area contributed by atoms with E-state index in [1.54, 1.807) is 31.4 Å². The van der Waals surface area contributed by atoms with E-state index in [4.69, 9.17) is 14.6 Å². The van der Waals surface area contributed by atoms with Gasteiger partial charge in [0.05, 0.1) is 12.7 Å². The highest BCUT2D eigenvalue weighted by Gasteiger charge is 2.15. The van der Waals surface area contributed by atoms with E-state index in [0.29, 0.717) is 24.7 Å². The van der Waals surface area contributed by atoms with E-state index in [1.807, 2.05) is 37.3 Å². The predicted molar refractivity (Wildman–Crippen MR) is 117 cm³/mol. The highest BCUT2D eigenvalue weighted by molar-refractivity contribution is 9.10. The summed E-state index contributed by atoms with van der Waals surface area (Å²) in [6.45, 7) is 2.95. The van der Waals surface area contributed by atoms with Crippen molar-refractivity contribution in [1.82, 2.24) is 0 Å². The number of halogens is 1. The van der Waals surface area contributed by atoms with E-state index in [2.05, 4.69) is 27.3 Å². The van der Waals surface area contributed by atoms with Crippen LogP contribution in [-0.4, -0.2) is 18.2 Å². The van der Waals surface area contributed by atoms with Crippen LogP contribution in [0.3, 0.4) is 0 Å². The molecule has 0 unspecified atom stereocenters. The summed E-state index contributed by atoms with van der Waals surface area (Å²) in [5.41, 5.74) is 4.24. The van der Waals surface area contributed by atoms with Gasteiger partial charge >= 0.3 is 5.97 Å². The Morgan fingerprint density at radius 2 is 1.86 bits per heavy atom. The Balaban J connectivity index is 1.80. The molecule has 3 aromatic rings. The minimum Gasteiger partial charge on any atom is -0.493 e. The summed E-state index contributed by atoms with van der Waals surface area (Å²) in [4.78, 5) is 11.0. The van der Waals surface area contributed by atoms with E-state index in [1.165, 1.54) is 5.56 Å². The average molecular weight is 456 g/mol. The molecule has 0 aliphatic heterocycles. The molecule has 0 atom stereocenters. The zero-order valence-electron chi connectivity index (χ0n) is 16.2. The fourth-order valence-corrected chi connectivity index (χ4v) is 3.40. The van der Waals surface area contributed by atoms with Crippen molar-refractivity contribution in [3.05, 3.63) is 87.4 Å². The van der Waals surface area contributed by atoms with Crippen LogP contribution < -0.4 is 14.8 Å². The maximum Gasteiger partial charge on any atom is 0.335 e. The van der Waals surface area contributed by atoms with Gasteiger partial charge in [0.2, 0.25) is 0 Å². The molecule has 0 aliphatic rings. The number of hydrogen-bond donors (Lipinski definition) is 2. The molecule has 3 aromatic carbocycles. The Bertz CT molecular complexity index is 1000. The molecule has 0 saturated carbocycles. The Morgan fingerprint density at radius 1 is 1.10 bits per heavy atom.